The fourth-order valence-corrected chi connectivity index (χ4v) is 1.42. The van der Waals surface area contributed by atoms with Crippen molar-refractivity contribution in [1.29, 1.82) is 10.5 Å². The Bertz CT molecular complexity index is 640. The molecule has 0 saturated heterocycles. The molecule has 16 heavy (non-hydrogen) atoms. The maximum Gasteiger partial charge on any atom is 0.134 e. The van der Waals surface area contributed by atoms with E-state index in [1.54, 1.807) is 18.2 Å². The van der Waals surface area contributed by atoms with Gasteiger partial charge in [-0.2, -0.15) is 10.5 Å². The van der Waals surface area contributed by atoms with Crippen LogP contribution in [0.15, 0.2) is 34.5 Å². The van der Waals surface area contributed by atoms with E-state index in [0.29, 0.717) is 11.0 Å². The van der Waals surface area contributed by atoms with Crippen LogP contribution in [0.25, 0.3) is 17.0 Å². The highest BCUT2D eigenvalue weighted by molar-refractivity contribution is 5.88. The van der Waals surface area contributed by atoms with E-state index in [2.05, 4.69) is 0 Å². The molecule has 0 atom stereocenters. The van der Waals surface area contributed by atoms with E-state index in [1.165, 1.54) is 24.5 Å². The minimum Gasteiger partial charge on any atom is -0.464 e. The zero-order valence-corrected chi connectivity index (χ0v) is 8.07. The number of benzene rings is 1. The number of furan rings is 1. The van der Waals surface area contributed by atoms with Crippen LogP contribution >= 0.6 is 0 Å². The van der Waals surface area contributed by atoms with Crippen molar-refractivity contribution in [1.82, 2.24) is 0 Å². The average Bonchev–Trinajstić information content (AvgIpc) is 2.76. The first-order valence-corrected chi connectivity index (χ1v) is 4.44. The van der Waals surface area contributed by atoms with Gasteiger partial charge < -0.3 is 4.42 Å². The molecule has 3 nitrogen and oxygen atoms in total. The Balaban J connectivity index is 2.73. The standard InChI is InChI=1S/C12H5FN2O/c13-11-1-2-12-9(3-4-16-12)10(11)5-8(6-14)7-15/h1-5H. The zero-order chi connectivity index (χ0) is 11.5. The van der Waals surface area contributed by atoms with Gasteiger partial charge in [0.2, 0.25) is 0 Å². The molecule has 2 aromatic rings. The van der Waals surface area contributed by atoms with E-state index in [0.717, 1.165) is 0 Å². The number of nitriles is 2. The minimum absolute atomic E-state index is 0.146. The van der Waals surface area contributed by atoms with Crippen LogP contribution in [-0.4, -0.2) is 0 Å². The molecule has 0 saturated carbocycles. The largest absolute Gasteiger partial charge is 0.464 e. The lowest BCUT2D eigenvalue weighted by Crippen LogP contribution is -1.84. The number of fused-ring (bicyclic) bond motifs is 1. The Labute approximate surface area is 90.6 Å². The second-order valence-electron chi connectivity index (χ2n) is 3.08. The molecule has 0 aliphatic carbocycles. The quantitative estimate of drug-likeness (QED) is 0.682. The van der Waals surface area contributed by atoms with Gasteiger partial charge in [-0.15, -0.1) is 0 Å². The van der Waals surface area contributed by atoms with E-state index in [9.17, 15) is 4.39 Å². The molecule has 1 heterocycles. The van der Waals surface area contributed by atoms with Crippen LogP contribution < -0.4 is 0 Å². The topological polar surface area (TPSA) is 60.7 Å². The third kappa shape index (κ3) is 1.53. The van der Waals surface area contributed by atoms with E-state index in [1.807, 2.05) is 0 Å². The minimum atomic E-state index is -0.489. The molecule has 0 aliphatic heterocycles. The molecular weight excluding hydrogens is 207 g/mol. The van der Waals surface area contributed by atoms with Crippen LogP contribution in [0.3, 0.4) is 0 Å². The van der Waals surface area contributed by atoms with Crippen LogP contribution in [-0.2, 0) is 0 Å². The molecule has 0 spiro atoms. The van der Waals surface area contributed by atoms with Crippen LogP contribution in [0.1, 0.15) is 5.56 Å². The van der Waals surface area contributed by atoms with Crippen LogP contribution in [0, 0.1) is 28.5 Å². The first kappa shape index (κ1) is 9.95. The summed E-state index contributed by atoms with van der Waals surface area (Å²) >= 11 is 0. The normalized spacial score (nSPS) is 9.44. The number of allylic oxidation sites excluding steroid dienone is 1. The second kappa shape index (κ2) is 3.88. The highest BCUT2D eigenvalue weighted by Gasteiger charge is 2.08. The summed E-state index contributed by atoms with van der Waals surface area (Å²) in [7, 11) is 0. The van der Waals surface area contributed by atoms with Gasteiger partial charge in [0.15, 0.2) is 0 Å². The molecule has 0 amide bonds. The lowest BCUT2D eigenvalue weighted by atomic mass is 10.1. The summed E-state index contributed by atoms with van der Waals surface area (Å²) in [6, 6.07) is 7.71. The fourth-order valence-electron chi connectivity index (χ4n) is 1.42. The van der Waals surface area contributed by atoms with E-state index in [4.69, 9.17) is 14.9 Å². The fraction of sp³-hybridized carbons (Fsp3) is 0. The van der Waals surface area contributed by atoms with Gasteiger partial charge in [0.1, 0.15) is 29.1 Å². The van der Waals surface area contributed by atoms with Crippen molar-refractivity contribution in [2.24, 2.45) is 0 Å². The third-order valence-electron chi connectivity index (χ3n) is 2.15. The molecule has 0 fully saturated rings. The van der Waals surface area contributed by atoms with Crippen LogP contribution in [0.5, 0.6) is 0 Å². The van der Waals surface area contributed by atoms with Crippen LogP contribution in [0.2, 0.25) is 0 Å². The summed E-state index contributed by atoms with van der Waals surface area (Å²) in [5, 5.41) is 17.8. The molecule has 2 rings (SSSR count). The molecule has 0 bridgehead atoms. The van der Waals surface area contributed by atoms with Gasteiger partial charge in [0.25, 0.3) is 0 Å². The Hall–Kier alpha value is -2.59. The Morgan fingerprint density at radius 1 is 1.25 bits per heavy atom. The molecular formula is C12H5FN2O. The highest BCUT2D eigenvalue weighted by Crippen LogP contribution is 2.24. The molecule has 0 radical (unpaired) electrons. The first-order valence-electron chi connectivity index (χ1n) is 4.44. The third-order valence-corrected chi connectivity index (χ3v) is 2.15. The first-order chi connectivity index (χ1) is 7.76. The van der Waals surface area contributed by atoms with Gasteiger partial charge >= 0.3 is 0 Å². The molecule has 1 aromatic heterocycles. The Morgan fingerprint density at radius 2 is 2.00 bits per heavy atom. The average molecular weight is 212 g/mol. The second-order valence-corrected chi connectivity index (χ2v) is 3.08. The Morgan fingerprint density at radius 3 is 2.69 bits per heavy atom. The van der Waals surface area contributed by atoms with Crippen molar-refractivity contribution >= 4 is 17.0 Å². The zero-order valence-electron chi connectivity index (χ0n) is 8.07. The van der Waals surface area contributed by atoms with Crippen LogP contribution in [0.4, 0.5) is 4.39 Å². The summed E-state index contributed by atoms with van der Waals surface area (Å²) < 4.78 is 18.6. The summed E-state index contributed by atoms with van der Waals surface area (Å²) in [6.07, 6.45) is 2.65. The molecule has 0 unspecified atom stereocenters. The predicted molar refractivity (Wildman–Crippen MR) is 55.4 cm³/mol. The number of halogens is 1. The van der Waals surface area contributed by atoms with Crippen molar-refractivity contribution in [3.05, 3.63) is 41.4 Å². The number of rotatable bonds is 1. The van der Waals surface area contributed by atoms with Gasteiger partial charge in [0.05, 0.1) is 6.26 Å². The maximum absolute atomic E-state index is 13.5. The Kier molecular flexibility index (Phi) is 2.41. The van der Waals surface area contributed by atoms with Gasteiger partial charge in [-0.25, -0.2) is 4.39 Å². The number of hydrogen-bond acceptors (Lipinski definition) is 3. The van der Waals surface area contributed by atoms with Crippen molar-refractivity contribution in [3.8, 4) is 12.1 Å². The van der Waals surface area contributed by atoms with E-state index in [-0.39, 0.29) is 11.1 Å². The van der Waals surface area contributed by atoms with Gasteiger partial charge in [-0.05, 0) is 24.3 Å². The molecule has 0 N–H and O–H groups in total. The molecule has 4 heteroatoms. The van der Waals surface area contributed by atoms with E-state index < -0.39 is 5.82 Å². The summed E-state index contributed by atoms with van der Waals surface area (Å²) in [5.74, 6) is -0.489. The predicted octanol–water partition coefficient (Wildman–Crippen LogP) is 3.00. The SMILES string of the molecule is N#CC(C#N)=Cc1c(F)ccc2occc12. The van der Waals surface area contributed by atoms with Crippen molar-refractivity contribution < 1.29 is 8.81 Å². The lowest BCUT2D eigenvalue weighted by Gasteiger charge is -1.97. The highest BCUT2D eigenvalue weighted by atomic mass is 19.1. The lowest BCUT2D eigenvalue weighted by molar-refractivity contribution is 0.609. The van der Waals surface area contributed by atoms with Crippen molar-refractivity contribution in [3.63, 3.8) is 0 Å². The molecule has 0 aliphatic rings. The van der Waals surface area contributed by atoms with Gasteiger partial charge in [-0.3, -0.25) is 0 Å². The van der Waals surface area contributed by atoms with Gasteiger partial charge in [0, 0.05) is 10.9 Å². The van der Waals surface area contributed by atoms with Crippen molar-refractivity contribution in [2.45, 2.75) is 0 Å². The summed E-state index contributed by atoms with van der Waals surface area (Å²) in [5.41, 5.74) is 0.569. The number of nitrogens with zero attached hydrogens (tertiary/aromatic N) is 2. The van der Waals surface area contributed by atoms with E-state index >= 15 is 0 Å². The number of hydrogen-bond donors (Lipinski definition) is 0. The molecule has 76 valence electrons. The summed E-state index contributed by atoms with van der Waals surface area (Å²) in [6.45, 7) is 0. The van der Waals surface area contributed by atoms with Gasteiger partial charge in [-0.1, -0.05) is 0 Å². The van der Waals surface area contributed by atoms with Crippen molar-refractivity contribution in [2.75, 3.05) is 0 Å². The summed E-state index contributed by atoms with van der Waals surface area (Å²) in [4.78, 5) is 0. The smallest absolute Gasteiger partial charge is 0.134 e. The molecule has 1 aromatic carbocycles. The maximum atomic E-state index is 13.5. The monoisotopic (exact) mass is 212 g/mol.